The topological polar surface area (TPSA) is 50.1 Å². The highest BCUT2D eigenvalue weighted by Gasteiger charge is 2.05. The molecule has 4 heteroatoms. The first-order valence-electron chi connectivity index (χ1n) is 3.78. The molecule has 0 saturated carbocycles. The zero-order valence-electron chi connectivity index (χ0n) is 7.43. The summed E-state index contributed by atoms with van der Waals surface area (Å²) in [7, 11) is 1.85. The Labute approximate surface area is 79.5 Å². The Morgan fingerprint density at radius 3 is 2.33 bits per heavy atom. The molecule has 0 radical (unpaired) electrons. The third kappa shape index (κ3) is 5.09. The second-order valence-corrected chi connectivity index (χ2v) is 3.39. The minimum absolute atomic E-state index is 0.216. The zero-order chi connectivity index (χ0) is 9.56. The number of nitrogens with two attached hydrogens (primary N) is 1. The van der Waals surface area contributed by atoms with Gasteiger partial charge in [-0.15, -0.1) is 0 Å². The molecule has 3 nitrogen and oxygen atoms in total. The van der Waals surface area contributed by atoms with Crippen LogP contribution in [0.4, 0.5) is 0 Å². The van der Waals surface area contributed by atoms with Crippen LogP contribution >= 0.6 is 12.6 Å². The lowest BCUT2D eigenvalue weighted by Crippen LogP contribution is -2.23. The van der Waals surface area contributed by atoms with Gasteiger partial charge in [0.05, 0.1) is 0 Å². The van der Waals surface area contributed by atoms with Crippen molar-refractivity contribution in [3.63, 3.8) is 0 Å². The molecule has 0 rings (SSSR count). The number of hydrazine groups is 1. The molecule has 12 heavy (non-hydrogen) atoms. The van der Waals surface area contributed by atoms with Crippen molar-refractivity contribution in [1.29, 1.82) is 0 Å². The van der Waals surface area contributed by atoms with E-state index < -0.39 is 0 Å². The van der Waals surface area contributed by atoms with Crippen LogP contribution in [0, 0.1) is 0 Å². The van der Waals surface area contributed by atoms with Gasteiger partial charge in [0.1, 0.15) is 0 Å². The van der Waals surface area contributed by atoms with Crippen LogP contribution in [-0.4, -0.2) is 12.3 Å². The average molecular weight is 187 g/mol. The van der Waals surface area contributed by atoms with Crippen molar-refractivity contribution in [2.45, 2.75) is 18.1 Å². The van der Waals surface area contributed by atoms with Crippen LogP contribution in [0.15, 0.2) is 24.6 Å². The SMILES string of the molecule is C=C(CC(S)CC(=C)NN)NC. The summed E-state index contributed by atoms with van der Waals surface area (Å²) in [4.78, 5) is 0. The molecular formula is C8H17N3S. The Balaban J connectivity index is 3.66. The summed E-state index contributed by atoms with van der Waals surface area (Å²) in [5, 5.41) is 3.18. The monoisotopic (exact) mass is 187 g/mol. The molecule has 0 aromatic heterocycles. The molecule has 0 aliphatic rings. The van der Waals surface area contributed by atoms with Crippen molar-refractivity contribution in [2.24, 2.45) is 5.84 Å². The normalized spacial score (nSPS) is 11.9. The summed E-state index contributed by atoms with van der Waals surface area (Å²) in [5.41, 5.74) is 4.26. The van der Waals surface area contributed by atoms with Gasteiger partial charge in [0.25, 0.3) is 0 Å². The molecule has 0 amide bonds. The van der Waals surface area contributed by atoms with Gasteiger partial charge >= 0.3 is 0 Å². The molecule has 0 aromatic rings. The molecule has 1 unspecified atom stereocenters. The van der Waals surface area contributed by atoms with Crippen molar-refractivity contribution < 1.29 is 0 Å². The molecule has 0 aromatic carbocycles. The van der Waals surface area contributed by atoms with Crippen molar-refractivity contribution in [3.05, 3.63) is 24.6 Å². The molecule has 0 aliphatic carbocycles. The van der Waals surface area contributed by atoms with Crippen molar-refractivity contribution in [2.75, 3.05) is 7.05 Å². The number of allylic oxidation sites excluding steroid dienone is 2. The molecule has 0 saturated heterocycles. The molecular weight excluding hydrogens is 170 g/mol. The number of hydrogen-bond donors (Lipinski definition) is 4. The van der Waals surface area contributed by atoms with Gasteiger partial charge in [-0.25, -0.2) is 0 Å². The number of rotatable bonds is 6. The maximum absolute atomic E-state index is 5.16. The fraction of sp³-hybridized carbons (Fsp3) is 0.500. The van der Waals surface area contributed by atoms with E-state index in [9.17, 15) is 0 Å². The highest BCUT2D eigenvalue weighted by atomic mass is 32.1. The lowest BCUT2D eigenvalue weighted by Gasteiger charge is -2.13. The van der Waals surface area contributed by atoms with E-state index in [-0.39, 0.29) is 5.25 Å². The zero-order valence-corrected chi connectivity index (χ0v) is 8.32. The fourth-order valence-electron chi connectivity index (χ4n) is 0.802. The van der Waals surface area contributed by atoms with Crippen molar-refractivity contribution >= 4 is 12.6 Å². The number of thiol groups is 1. The summed E-state index contributed by atoms with van der Waals surface area (Å²) in [5.74, 6) is 5.16. The van der Waals surface area contributed by atoms with Crippen LogP contribution < -0.4 is 16.6 Å². The van der Waals surface area contributed by atoms with Gasteiger partial charge in [-0.1, -0.05) is 13.2 Å². The smallest absolute Gasteiger partial charge is 0.0198 e. The maximum atomic E-state index is 5.16. The first kappa shape index (κ1) is 11.4. The van der Waals surface area contributed by atoms with Crippen LogP contribution in [0.2, 0.25) is 0 Å². The van der Waals surface area contributed by atoms with Crippen LogP contribution in [-0.2, 0) is 0 Å². The van der Waals surface area contributed by atoms with Gasteiger partial charge in [0, 0.05) is 23.7 Å². The first-order chi connectivity index (χ1) is 5.60. The predicted molar refractivity (Wildman–Crippen MR) is 56.7 cm³/mol. The van der Waals surface area contributed by atoms with Crippen LogP contribution in [0.1, 0.15) is 12.8 Å². The lowest BCUT2D eigenvalue weighted by molar-refractivity contribution is 0.730. The first-order valence-corrected chi connectivity index (χ1v) is 4.29. The van der Waals surface area contributed by atoms with Gasteiger partial charge < -0.3 is 10.7 Å². The van der Waals surface area contributed by atoms with E-state index >= 15 is 0 Å². The number of hydrogen-bond acceptors (Lipinski definition) is 4. The minimum atomic E-state index is 0.216. The van der Waals surface area contributed by atoms with E-state index in [0.29, 0.717) is 0 Å². The Morgan fingerprint density at radius 1 is 1.42 bits per heavy atom. The Hall–Kier alpha value is -0.610. The van der Waals surface area contributed by atoms with Gasteiger partial charge in [-0.2, -0.15) is 12.6 Å². The molecule has 70 valence electrons. The van der Waals surface area contributed by atoms with E-state index in [2.05, 4.69) is 36.5 Å². The fourth-order valence-corrected chi connectivity index (χ4v) is 1.24. The predicted octanol–water partition coefficient (Wildman–Crippen LogP) is 0.775. The number of nitrogens with one attached hydrogen (secondary N) is 2. The second kappa shape index (κ2) is 5.97. The second-order valence-electron chi connectivity index (χ2n) is 2.66. The Morgan fingerprint density at radius 2 is 1.92 bits per heavy atom. The largest absolute Gasteiger partial charge is 0.392 e. The summed E-state index contributed by atoms with van der Waals surface area (Å²) in [6, 6.07) is 0. The van der Waals surface area contributed by atoms with E-state index in [0.717, 1.165) is 24.2 Å². The van der Waals surface area contributed by atoms with E-state index in [4.69, 9.17) is 5.84 Å². The Kier molecular flexibility index (Phi) is 5.66. The van der Waals surface area contributed by atoms with Crippen LogP contribution in [0.3, 0.4) is 0 Å². The maximum Gasteiger partial charge on any atom is 0.0198 e. The van der Waals surface area contributed by atoms with Gasteiger partial charge in [-0.05, 0) is 12.8 Å². The molecule has 0 fully saturated rings. The highest BCUT2D eigenvalue weighted by molar-refractivity contribution is 7.81. The summed E-state index contributed by atoms with van der Waals surface area (Å²) < 4.78 is 0. The summed E-state index contributed by atoms with van der Waals surface area (Å²) in [6.07, 6.45) is 1.57. The van der Waals surface area contributed by atoms with E-state index in [1.807, 2.05) is 7.05 Å². The van der Waals surface area contributed by atoms with E-state index in [1.54, 1.807) is 0 Å². The third-order valence-corrected chi connectivity index (χ3v) is 1.89. The van der Waals surface area contributed by atoms with Crippen molar-refractivity contribution in [3.8, 4) is 0 Å². The summed E-state index contributed by atoms with van der Waals surface area (Å²) >= 11 is 4.36. The third-order valence-electron chi connectivity index (χ3n) is 1.52. The molecule has 0 bridgehead atoms. The average Bonchev–Trinajstić information content (AvgIpc) is 2.03. The molecule has 1 atom stereocenters. The summed E-state index contributed by atoms with van der Waals surface area (Å²) in [6.45, 7) is 7.52. The lowest BCUT2D eigenvalue weighted by atomic mass is 10.1. The molecule has 0 heterocycles. The molecule has 0 aliphatic heterocycles. The Bertz CT molecular complexity index is 150. The van der Waals surface area contributed by atoms with Gasteiger partial charge in [0.2, 0.25) is 0 Å². The standard InChI is InChI=1S/C8H17N3S/c1-6(10-3)4-8(12)5-7(2)11-9/h8,10-12H,1-2,4-5,9H2,3H3. The molecule has 0 spiro atoms. The van der Waals surface area contributed by atoms with Crippen LogP contribution in [0.5, 0.6) is 0 Å². The van der Waals surface area contributed by atoms with Crippen molar-refractivity contribution in [1.82, 2.24) is 10.7 Å². The highest BCUT2D eigenvalue weighted by Crippen LogP contribution is 2.13. The molecule has 4 N–H and O–H groups in total. The van der Waals surface area contributed by atoms with Gasteiger partial charge in [-0.3, -0.25) is 5.84 Å². The van der Waals surface area contributed by atoms with Crippen LogP contribution in [0.25, 0.3) is 0 Å². The quantitative estimate of drug-likeness (QED) is 0.282. The van der Waals surface area contributed by atoms with Gasteiger partial charge in [0.15, 0.2) is 0 Å². The van der Waals surface area contributed by atoms with E-state index in [1.165, 1.54) is 0 Å². The minimum Gasteiger partial charge on any atom is -0.392 e.